The third-order valence-electron chi connectivity index (χ3n) is 0.640. The van der Waals surface area contributed by atoms with E-state index in [1.807, 2.05) is 0 Å². The predicted octanol–water partition coefficient (Wildman–Crippen LogP) is 1.49. The largest absolute Gasteiger partial charge is 0.246 e. The molecule has 1 saturated carbocycles. The van der Waals surface area contributed by atoms with Gasteiger partial charge in [0.15, 0.2) is 0 Å². The maximum Gasteiger partial charge on any atom is 0.114 e. The van der Waals surface area contributed by atoms with Crippen molar-refractivity contribution in [3.8, 4) is 0 Å². The molecule has 1 rings (SSSR count). The second-order valence-corrected chi connectivity index (χ2v) is 2.44. The van der Waals surface area contributed by atoms with E-state index in [-0.39, 0.29) is 4.83 Å². The van der Waals surface area contributed by atoms with Crippen LogP contribution in [-0.2, 0) is 0 Å². The average molecular weight is 139 g/mol. The predicted molar refractivity (Wildman–Crippen MR) is 22.2 cm³/mol. The highest BCUT2D eigenvalue weighted by atomic mass is 79.9. The van der Waals surface area contributed by atoms with E-state index < -0.39 is 6.17 Å². The van der Waals surface area contributed by atoms with Crippen molar-refractivity contribution in [1.82, 2.24) is 0 Å². The minimum atomic E-state index is -0.532. The lowest BCUT2D eigenvalue weighted by Crippen LogP contribution is -1.65. The van der Waals surface area contributed by atoms with Gasteiger partial charge in [-0.25, -0.2) is 4.39 Å². The first-order valence-electron chi connectivity index (χ1n) is 1.59. The van der Waals surface area contributed by atoms with Crippen molar-refractivity contribution >= 4 is 15.9 Å². The highest BCUT2D eigenvalue weighted by Gasteiger charge is 2.34. The van der Waals surface area contributed by atoms with Gasteiger partial charge in [-0.3, -0.25) is 0 Å². The van der Waals surface area contributed by atoms with Crippen LogP contribution in [0.2, 0.25) is 0 Å². The van der Waals surface area contributed by atoms with Gasteiger partial charge in [-0.05, 0) is 6.42 Å². The Kier molecular flexibility index (Phi) is 0.671. The van der Waals surface area contributed by atoms with E-state index >= 15 is 0 Å². The smallest absolute Gasteiger partial charge is 0.114 e. The number of rotatable bonds is 0. The molecule has 0 radical (unpaired) electrons. The molecule has 0 aliphatic heterocycles. The van der Waals surface area contributed by atoms with Crippen LogP contribution in [-0.4, -0.2) is 11.0 Å². The summed E-state index contributed by atoms with van der Waals surface area (Å²) in [6.07, 6.45) is 0.190. The molecule has 5 heavy (non-hydrogen) atoms. The van der Waals surface area contributed by atoms with E-state index in [4.69, 9.17) is 0 Å². The van der Waals surface area contributed by atoms with E-state index in [9.17, 15) is 4.39 Å². The van der Waals surface area contributed by atoms with E-state index in [2.05, 4.69) is 15.9 Å². The molecular weight excluding hydrogens is 135 g/mol. The Morgan fingerprint density at radius 3 is 2.00 bits per heavy atom. The molecule has 1 fully saturated rings. The Balaban J connectivity index is 2.20. The number of hydrogen-bond acceptors (Lipinski definition) is 0. The van der Waals surface area contributed by atoms with Crippen LogP contribution in [0.1, 0.15) is 6.42 Å². The highest BCUT2D eigenvalue weighted by Crippen LogP contribution is 2.32. The maximum absolute atomic E-state index is 11.5. The van der Waals surface area contributed by atoms with Crippen molar-refractivity contribution in [1.29, 1.82) is 0 Å². The van der Waals surface area contributed by atoms with Crippen LogP contribution in [0.15, 0.2) is 0 Å². The minimum absolute atomic E-state index is 0.197. The number of alkyl halides is 2. The summed E-state index contributed by atoms with van der Waals surface area (Å²) in [7, 11) is 0. The normalized spacial score (nSPS) is 49.2. The molecule has 1 aliphatic carbocycles. The molecule has 0 saturated heterocycles. The number of hydrogen-bond donors (Lipinski definition) is 0. The van der Waals surface area contributed by atoms with Crippen LogP contribution in [0.4, 0.5) is 4.39 Å². The molecule has 0 spiro atoms. The maximum atomic E-state index is 11.5. The first-order chi connectivity index (χ1) is 2.30. The van der Waals surface area contributed by atoms with Crippen molar-refractivity contribution in [3.63, 3.8) is 0 Å². The Morgan fingerprint density at radius 1 is 1.80 bits per heavy atom. The fourth-order valence-electron chi connectivity index (χ4n) is 0.137. The fourth-order valence-corrected chi connectivity index (χ4v) is 0.494. The van der Waals surface area contributed by atoms with Gasteiger partial charge in [-0.1, -0.05) is 15.9 Å². The van der Waals surface area contributed by atoms with Gasteiger partial charge in [0.25, 0.3) is 0 Å². The fraction of sp³-hybridized carbons (Fsp3) is 1.00. The standard InChI is InChI=1S/C3H4BrF/c4-2-1-3(2)5/h2-3H,1H2/t2-,3-/m1/s1. The lowest BCUT2D eigenvalue weighted by molar-refractivity contribution is 0.483. The summed E-state index contributed by atoms with van der Waals surface area (Å²) in [5.41, 5.74) is 0. The zero-order valence-corrected chi connectivity index (χ0v) is 4.20. The molecule has 2 atom stereocenters. The van der Waals surface area contributed by atoms with Gasteiger partial charge in [0, 0.05) is 4.83 Å². The summed E-state index contributed by atoms with van der Waals surface area (Å²) in [6, 6.07) is 0. The van der Waals surface area contributed by atoms with E-state index in [0.29, 0.717) is 0 Å². The Bertz CT molecular complexity index is 40.2. The summed E-state index contributed by atoms with van der Waals surface area (Å²) in [6.45, 7) is 0. The lowest BCUT2D eigenvalue weighted by atomic mass is 10.9. The SMILES string of the molecule is F[C@@H]1C[C@H]1Br. The van der Waals surface area contributed by atoms with E-state index in [1.165, 1.54) is 0 Å². The van der Waals surface area contributed by atoms with Gasteiger partial charge in [0.05, 0.1) is 0 Å². The molecule has 0 bridgehead atoms. The average Bonchev–Trinajstić information content (AvgIpc) is 1.79. The Hall–Kier alpha value is 0.410. The molecule has 0 aromatic rings. The van der Waals surface area contributed by atoms with Crippen molar-refractivity contribution in [2.24, 2.45) is 0 Å². The summed E-state index contributed by atoms with van der Waals surface area (Å²) in [5, 5.41) is 0. The first kappa shape index (κ1) is 3.59. The van der Waals surface area contributed by atoms with Crippen LogP contribution in [0.5, 0.6) is 0 Å². The minimum Gasteiger partial charge on any atom is -0.246 e. The quantitative estimate of drug-likeness (QED) is 0.446. The number of halogens is 2. The Labute approximate surface area is 38.5 Å². The van der Waals surface area contributed by atoms with Gasteiger partial charge in [0.2, 0.25) is 0 Å². The molecule has 0 aromatic carbocycles. The van der Waals surface area contributed by atoms with Gasteiger partial charge >= 0.3 is 0 Å². The molecule has 30 valence electrons. The molecule has 0 N–H and O–H groups in total. The van der Waals surface area contributed by atoms with Gasteiger partial charge in [-0.2, -0.15) is 0 Å². The molecule has 0 unspecified atom stereocenters. The summed E-state index contributed by atoms with van der Waals surface area (Å²) in [4.78, 5) is 0.197. The van der Waals surface area contributed by atoms with Crippen molar-refractivity contribution in [2.45, 2.75) is 17.4 Å². The molecule has 2 heteroatoms. The molecule has 0 nitrogen and oxygen atoms in total. The molecule has 1 aliphatic rings. The summed E-state index contributed by atoms with van der Waals surface area (Å²) in [5.74, 6) is 0. The first-order valence-corrected chi connectivity index (χ1v) is 2.50. The van der Waals surface area contributed by atoms with Crippen LogP contribution < -0.4 is 0 Å². The van der Waals surface area contributed by atoms with Gasteiger partial charge < -0.3 is 0 Å². The molecule has 0 amide bonds. The second-order valence-electron chi connectivity index (χ2n) is 1.27. The topological polar surface area (TPSA) is 0 Å². The van der Waals surface area contributed by atoms with Crippen molar-refractivity contribution in [3.05, 3.63) is 0 Å². The third kappa shape index (κ3) is 0.623. The lowest BCUT2D eigenvalue weighted by Gasteiger charge is -1.61. The van der Waals surface area contributed by atoms with Gasteiger partial charge in [0.1, 0.15) is 6.17 Å². The van der Waals surface area contributed by atoms with Crippen molar-refractivity contribution < 1.29 is 4.39 Å². The second kappa shape index (κ2) is 0.934. The zero-order chi connectivity index (χ0) is 3.86. The molecule has 0 heterocycles. The molecular formula is C3H4BrF. The van der Waals surface area contributed by atoms with Crippen LogP contribution in [0.25, 0.3) is 0 Å². The van der Waals surface area contributed by atoms with Crippen LogP contribution in [0.3, 0.4) is 0 Å². The van der Waals surface area contributed by atoms with E-state index in [0.717, 1.165) is 6.42 Å². The molecule has 0 aromatic heterocycles. The highest BCUT2D eigenvalue weighted by molar-refractivity contribution is 9.09. The van der Waals surface area contributed by atoms with E-state index in [1.54, 1.807) is 0 Å². The van der Waals surface area contributed by atoms with Crippen LogP contribution in [0, 0.1) is 0 Å². The zero-order valence-electron chi connectivity index (χ0n) is 2.62. The van der Waals surface area contributed by atoms with Crippen LogP contribution >= 0.6 is 15.9 Å². The third-order valence-corrected chi connectivity index (χ3v) is 1.59. The summed E-state index contributed by atoms with van der Waals surface area (Å²) < 4.78 is 11.5. The monoisotopic (exact) mass is 138 g/mol. The van der Waals surface area contributed by atoms with Gasteiger partial charge in [-0.15, -0.1) is 0 Å². The Morgan fingerprint density at radius 2 is 2.00 bits per heavy atom. The van der Waals surface area contributed by atoms with Crippen molar-refractivity contribution in [2.75, 3.05) is 0 Å². The summed E-state index contributed by atoms with van der Waals surface area (Å²) >= 11 is 3.07.